The van der Waals surface area contributed by atoms with Gasteiger partial charge in [0.2, 0.25) is 0 Å². The second-order valence-corrected chi connectivity index (χ2v) is 9.78. The zero-order valence-electron chi connectivity index (χ0n) is 12.8. The van der Waals surface area contributed by atoms with Crippen molar-refractivity contribution in [3.63, 3.8) is 0 Å². The summed E-state index contributed by atoms with van der Waals surface area (Å²) in [6.07, 6.45) is 7.67. The normalized spacial score (nSPS) is 12.2. The van der Waals surface area contributed by atoms with E-state index in [9.17, 15) is 4.79 Å². The summed E-state index contributed by atoms with van der Waals surface area (Å²) in [6, 6.07) is 1.21. The van der Waals surface area contributed by atoms with Gasteiger partial charge >= 0.3 is 0 Å². The van der Waals surface area contributed by atoms with Crippen LogP contribution in [0.25, 0.3) is 0 Å². The number of hydrogen-bond donors (Lipinski definition) is 1. The molecule has 112 valence electrons. The zero-order valence-corrected chi connectivity index (χ0v) is 13.8. The summed E-state index contributed by atoms with van der Waals surface area (Å²) >= 11 is 0. The molecule has 0 aromatic carbocycles. The van der Waals surface area contributed by atoms with E-state index >= 15 is 0 Å². The zero-order chi connectivity index (χ0) is 14.4. The number of aldehydes is 1. The van der Waals surface area contributed by atoms with Crippen LogP contribution in [-0.4, -0.2) is 47.6 Å². The quantitative estimate of drug-likeness (QED) is 0.245. The monoisotopic (exact) mass is 286 g/mol. The largest absolute Gasteiger partial charge is 0.420 e. The Hall–Kier alpha value is -0.523. The van der Waals surface area contributed by atoms with Crippen molar-refractivity contribution in [2.24, 2.45) is 4.99 Å². The summed E-state index contributed by atoms with van der Waals surface area (Å²) in [5.41, 5.74) is 0. The number of nitrogens with zero attached hydrogens (tertiary/aromatic N) is 1. The first kappa shape index (κ1) is 18.5. The number of carbonyl (C=O) groups excluding carboxylic acids is 1. The predicted octanol–water partition coefficient (Wildman–Crippen LogP) is 2.65. The average Bonchev–Trinajstić information content (AvgIpc) is 2.40. The Balaban J connectivity index is 3.21. The SMILES string of the molecule is CO[Si](C)(C)CCCNCCCN=CCCCC=O. The molecule has 0 bridgehead atoms. The molecule has 0 amide bonds. The number of unbranched alkanes of at least 4 members (excludes halogenated alkanes) is 2. The van der Waals surface area contributed by atoms with Gasteiger partial charge in [-0.3, -0.25) is 4.99 Å². The summed E-state index contributed by atoms with van der Waals surface area (Å²) in [7, 11) is 0.463. The molecular weight excluding hydrogens is 256 g/mol. The lowest BCUT2D eigenvalue weighted by Crippen LogP contribution is -2.29. The maximum Gasteiger partial charge on any atom is 0.186 e. The van der Waals surface area contributed by atoms with Crippen molar-refractivity contribution in [1.82, 2.24) is 5.32 Å². The predicted molar refractivity (Wildman–Crippen MR) is 84.7 cm³/mol. The summed E-state index contributed by atoms with van der Waals surface area (Å²) < 4.78 is 5.51. The first-order chi connectivity index (χ1) is 9.12. The molecule has 0 radical (unpaired) electrons. The molecule has 0 heterocycles. The number of nitrogens with one attached hydrogen (secondary N) is 1. The highest BCUT2D eigenvalue weighted by Crippen LogP contribution is 2.11. The van der Waals surface area contributed by atoms with Gasteiger partial charge in [0.15, 0.2) is 8.32 Å². The van der Waals surface area contributed by atoms with Gasteiger partial charge in [0.25, 0.3) is 0 Å². The molecule has 0 aliphatic heterocycles. The molecule has 0 aromatic rings. The molecule has 0 atom stereocenters. The lowest BCUT2D eigenvalue weighted by Gasteiger charge is -2.19. The van der Waals surface area contributed by atoms with Crippen molar-refractivity contribution >= 4 is 20.8 Å². The Kier molecular flexibility index (Phi) is 12.2. The molecule has 0 aliphatic rings. The van der Waals surface area contributed by atoms with Gasteiger partial charge in [-0.15, -0.1) is 0 Å². The fourth-order valence-electron chi connectivity index (χ4n) is 1.64. The van der Waals surface area contributed by atoms with Crippen LogP contribution in [0.2, 0.25) is 19.1 Å². The van der Waals surface area contributed by atoms with Crippen LogP contribution in [0.3, 0.4) is 0 Å². The van der Waals surface area contributed by atoms with Crippen molar-refractivity contribution in [1.29, 1.82) is 0 Å². The van der Waals surface area contributed by atoms with E-state index in [2.05, 4.69) is 23.4 Å². The first-order valence-electron chi connectivity index (χ1n) is 7.30. The minimum absolute atomic E-state index is 0.648. The summed E-state index contributed by atoms with van der Waals surface area (Å²) in [5, 5.41) is 3.44. The maximum atomic E-state index is 10.1. The average molecular weight is 286 g/mol. The van der Waals surface area contributed by atoms with Gasteiger partial charge < -0.3 is 14.5 Å². The summed E-state index contributed by atoms with van der Waals surface area (Å²) in [6.45, 7) is 7.49. The number of rotatable bonds is 13. The highest BCUT2D eigenvalue weighted by Gasteiger charge is 2.18. The van der Waals surface area contributed by atoms with Crippen LogP contribution in [0, 0.1) is 0 Å². The molecule has 0 saturated carbocycles. The van der Waals surface area contributed by atoms with Gasteiger partial charge in [-0.25, -0.2) is 0 Å². The lowest BCUT2D eigenvalue weighted by molar-refractivity contribution is -0.107. The van der Waals surface area contributed by atoms with E-state index in [1.165, 1.54) is 12.5 Å². The van der Waals surface area contributed by atoms with Crippen LogP contribution in [0.1, 0.15) is 32.1 Å². The molecule has 0 aliphatic carbocycles. The second kappa shape index (κ2) is 12.5. The number of carbonyl (C=O) groups is 1. The molecule has 19 heavy (non-hydrogen) atoms. The number of hydrogen-bond acceptors (Lipinski definition) is 4. The van der Waals surface area contributed by atoms with E-state index in [1.54, 1.807) is 0 Å². The minimum atomic E-state index is -1.36. The highest BCUT2D eigenvalue weighted by molar-refractivity contribution is 6.71. The molecule has 0 aromatic heterocycles. The summed E-state index contributed by atoms with van der Waals surface area (Å²) in [4.78, 5) is 14.4. The Morgan fingerprint density at radius 3 is 2.58 bits per heavy atom. The molecule has 0 fully saturated rings. The summed E-state index contributed by atoms with van der Waals surface area (Å²) in [5.74, 6) is 0. The van der Waals surface area contributed by atoms with Crippen LogP contribution >= 0.6 is 0 Å². The first-order valence-corrected chi connectivity index (χ1v) is 10.4. The molecule has 0 spiro atoms. The van der Waals surface area contributed by atoms with Crippen LogP contribution < -0.4 is 5.32 Å². The molecule has 1 N–H and O–H groups in total. The Morgan fingerprint density at radius 2 is 1.89 bits per heavy atom. The van der Waals surface area contributed by atoms with Gasteiger partial charge in [-0.1, -0.05) is 0 Å². The van der Waals surface area contributed by atoms with Crippen LogP contribution in [0.5, 0.6) is 0 Å². The smallest absolute Gasteiger partial charge is 0.186 e. The van der Waals surface area contributed by atoms with Crippen molar-refractivity contribution in [2.45, 2.75) is 51.2 Å². The third kappa shape index (κ3) is 13.7. The van der Waals surface area contributed by atoms with E-state index in [0.29, 0.717) is 6.42 Å². The van der Waals surface area contributed by atoms with Crippen LogP contribution in [0.4, 0.5) is 0 Å². The third-order valence-corrected chi connectivity index (χ3v) is 5.77. The van der Waals surface area contributed by atoms with E-state index in [0.717, 1.165) is 45.2 Å². The number of aliphatic imine (C=N–C) groups is 1. The molecule has 0 saturated heterocycles. The van der Waals surface area contributed by atoms with Gasteiger partial charge in [0.05, 0.1) is 0 Å². The minimum Gasteiger partial charge on any atom is -0.420 e. The van der Waals surface area contributed by atoms with E-state index in [-0.39, 0.29) is 0 Å². The van der Waals surface area contributed by atoms with E-state index < -0.39 is 8.32 Å². The lowest BCUT2D eigenvalue weighted by atomic mass is 10.3. The van der Waals surface area contributed by atoms with E-state index in [1.807, 2.05) is 13.3 Å². The van der Waals surface area contributed by atoms with Gasteiger partial charge in [0.1, 0.15) is 6.29 Å². The highest BCUT2D eigenvalue weighted by atomic mass is 28.4. The van der Waals surface area contributed by atoms with Crippen molar-refractivity contribution < 1.29 is 9.22 Å². The van der Waals surface area contributed by atoms with Crippen molar-refractivity contribution in [3.05, 3.63) is 0 Å². The second-order valence-electron chi connectivity index (χ2n) is 5.36. The Morgan fingerprint density at radius 1 is 1.16 bits per heavy atom. The van der Waals surface area contributed by atoms with Gasteiger partial charge in [-0.05, 0) is 64.1 Å². The van der Waals surface area contributed by atoms with Crippen LogP contribution in [0.15, 0.2) is 4.99 Å². The Bertz CT molecular complexity index is 246. The fourth-order valence-corrected chi connectivity index (χ4v) is 2.87. The van der Waals surface area contributed by atoms with Gasteiger partial charge in [-0.2, -0.15) is 0 Å². The third-order valence-electron chi connectivity index (χ3n) is 3.11. The van der Waals surface area contributed by atoms with Crippen molar-refractivity contribution in [2.75, 3.05) is 26.7 Å². The molecule has 5 heteroatoms. The molecule has 0 unspecified atom stereocenters. The molecule has 4 nitrogen and oxygen atoms in total. The maximum absolute atomic E-state index is 10.1. The molecule has 0 rings (SSSR count). The van der Waals surface area contributed by atoms with Crippen molar-refractivity contribution in [3.8, 4) is 0 Å². The fraction of sp³-hybridized carbons (Fsp3) is 0.857. The Labute approximate surface area is 119 Å². The molecular formula is C14H30N2O2Si. The standard InChI is InChI=1S/C14H30N2O2Si/c1-18-19(2,3)14-8-12-16-11-7-10-15-9-5-4-6-13-17/h9,13,16H,4-8,10-12,14H2,1-3H3. The van der Waals surface area contributed by atoms with E-state index in [4.69, 9.17) is 4.43 Å². The van der Waals surface area contributed by atoms with Crippen LogP contribution in [-0.2, 0) is 9.22 Å². The van der Waals surface area contributed by atoms with Gasteiger partial charge in [0, 0.05) is 20.1 Å². The topological polar surface area (TPSA) is 50.7 Å².